The van der Waals surface area contributed by atoms with Crippen molar-refractivity contribution >= 4 is 27.6 Å². The minimum atomic E-state index is -2.54. The summed E-state index contributed by atoms with van der Waals surface area (Å²) in [6.07, 6.45) is -0.0586. The molecule has 0 aromatic heterocycles. The van der Waals surface area contributed by atoms with E-state index >= 15 is 0 Å². The topological polar surface area (TPSA) is 47.6 Å². The van der Waals surface area contributed by atoms with Crippen LogP contribution in [0.25, 0.3) is 0 Å². The first kappa shape index (κ1) is 18.6. The Bertz CT molecular complexity index is 813. The molecule has 1 saturated carbocycles. The maximum absolute atomic E-state index is 13.0. The summed E-state index contributed by atoms with van der Waals surface area (Å²) in [4.78, 5) is 11.2. The van der Waals surface area contributed by atoms with E-state index in [2.05, 4.69) is 21.2 Å². The van der Waals surface area contributed by atoms with Crippen LogP contribution in [0.1, 0.15) is 18.9 Å². The van der Waals surface area contributed by atoms with E-state index in [1.54, 1.807) is 24.3 Å². The van der Waals surface area contributed by atoms with E-state index in [-0.39, 0.29) is 19.6 Å². The summed E-state index contributed by atoms with van der Waals surface area (Å²) in [6.45, 7) is 1.80. The number of nitrogens with one attached hydrogen (secondary N) is 1. The van der Waals surface area contributed by atoms with Crippen LogP contribution in [0.2, 0.25) is 0 Å². The molecule has 3 rings (SSSR count). The third-order valence-corrected chi connectivity index (χ3v) is 4.42. The van der Waals surface area contributed by atoms with Crippen molar-refractivity contribution in [2.24, 2.45) is 5.92 Å². The van der Waals surface area contributed by atoms with Crippen molar-refractivity contribution in [1.82, 2.24) is 0 Å². The predicted octanol–water partition coefficient (Wildman–Crippen LogP) is 5.02. The monoisotopic (exact) mass is 425 g/mol. The molecule has 0 amide bonds. The van der Waals surface area contributed by atoms with Crippen LogP contribution in [0, 0.1) is 5.92 Å². The van der Waals surface area contributed by atoms with Gasteiger partial charge in [0.25, 0.3) is 5.92 Å². The van der Waals surface area contributed by atoms with Gasteiger partial charge in [0.1, 0.15) is 6.61 Å². The summed E-state index contributed by atoms with van der Waals surface area (Å²) in [5, 5.41) is 3.04. The second-order valence-electron chi connectivity index (χ2n) is 6.22. The summed E-state index contributed by atoms with van der Waals surface area (Å²) in [7, 11) is 0. The largest absolute Gasteiger partial charge is 0.485 e. The molecule has 1 unspecified atom stereocenters. The van der Waals surface area contributed by atoms with E-state index in [1.807, 2.05) is 18.2 Å². The SMILES string of the molecule is CC(=O)Oc1ccccc1OCc1cc(Br)cc(NCC2CC2(F)F)c1. The van der Waals surface area contributed by atoms with Crippen LogP contribution < -0.4 is 14.8 Å². The van der Waals surface area contributed by atoms with E-state index < -0.39 is 17.8 Å². The lowest BCUT2D eigenvalue weighted by Gasteiger charge is -2.13. The molecule has 0 bridgehead atoms. The molecule has 0 heterocycles. The number of hydrogen-bond donors (Lipinski definition) is 1. The summed E-state index contributed by atoms with van der Waals surface area (Å²) in [5.74, 6) is -2.76. The molecule has 26 heavy (non-hydrogen) atoms. The Balaban J connectivity index is 1.64. The number of rotatable bonds is 7. The fraction of sp³-hybridized carbons (Fsp3) is 0.316. The van der Waals surface area contributed by atoms with Crippen LogP contribution in [0.15, 0.2) is 46.9 Å². The Morgan fingerprint density at radius 2 is 1.96 bits per heavy atom. The number of benzene rings is 2. The van der Waals surface area contributed by atoms with Gasteiger partial charge in [-0.25, -0.2) is 8.78 Å². The third kappa shape index (κ3) is 4.94. The quantitative estimate of drug-likeness (QED) is 0.499. The fourth-order valence-corrected chi connectivity index (χ4v) is 3.08. The Kier molecular flexibility index (Phi) is 5.46. The molecule has 0 radical (unpaired) electrons. The molecule has 1 N–H and O–H groups in total. The third-order valence-electron chi connectivity index (χ3n) is 3.96. The summed E-state index contributed by atoms with van der Waals surface area (Å²) in [5.41, 5.74) is 1.59. The second kappa shape index (κ2) is 7.61. The van der Waals surface area contributed by atoms with E-state index in [4.69, 9.17) is 9.47 Å². The molecular weight excluding hydrogens is 408 g/mol. The van der Waals surface area contributed by atoms with E-state index in [0.29, 0.717) is 11.5 Å². The average molecular weight is 426 g/mol. The molecule has 1 aliphatic carbocycles. The van der Waals surface area contributed by atoms with Crippen LogP contribution in [-0.4, -0.2) is 18.4 Å². The average Bonchev–Trinajstić information content (AvgIpc) is 3.18. The molecular formula is C19H18BrF2NO3. The van der Waals surface area contributed by atoms with Crippen LogP contribution in [0.5, 0.6) is 11.5 Å². The Hall–Kier alpha value is -2.15. The maximum atomic E-state index is 13.0. The van der Waals surface area contributed by atoms with Gasteiger partial charge in [0.15, 0.2) is 11.5 Å². The number of alkyl halides is 2. The number of carbonyl (C=O) groups is 1. The first-order valence-corrected chi connectivity index (χ1v) is 8.94. The lowest BCUT2D eigenvalue weighted by molar-refractivity contribution is -0.132. The molecule has 4 nitrogen and oxygen atoms in total. The molecule has 0 saturated heterocycles. The number of anilines is 1. The molecule has 0 aliphatic heterocycles. The van der Waals surface area contributed by atoms with E-state index in [9.17, 15) is 13.6 Å². The van der Waals surface area contributed by atoms with Crippen molar-refractivity contribution in [2.75, 3.05) is 11.9 Å². The molecule has 1 atom stereocenters. The van der Waals surface area contributed by atoms with Gasteiger partial charge in [-0.3, -0.25) is 4.79 Å². The Morgan fingerprint density at radius 3 is 2.62 bits per heavy atom. The van der Waals surface area contributed by atoms with Gasteiger partial charge >= 0.3 is 5.97 Å². The van der Waals surface area contributed by atoms with Gasteiger partial charge in [0.05, 0.1) is 0 Å². The summed E-state index contributed by atoms with van der Waals surface area (Å²) in [6, 6.07) is 12.5. The van der Waals surface area contributed by atoms with Crippen molar-refractivity contribution in [3.8, 4) is 11.5 Å². The normalized spacial score (nSPS) is 17.5. The van der Waals surface area contributed by atoms with E-state index in [0.717, 1.165) is 15.7 Å². The zero-order chi connectivity index (χ0) is 18.7. The molecule has 2 aromatic carbocycles. The van der Waals surface area contributed by atoms with Crippen LogP contribution >= 0.6 is 15.9 Å². The minimum Gasteiger partial charge on any atom is -0.485 e. The van der Waals surface area contributed by atoms with Crippen molar-refractivity contribution in [3.05, 3.63) is 52.5 Å². The molecule has 138 valence electrons. The number of carbonyl (C=O) groups excluding carboxylic acids is 1. The number of para-hydroxylation sites is 2. The van der Waals surface area contributed by atoms with Gasteiger partial charge in [-0.05, 0) is 35.9 Å². The van der Waals surface area contributed by atoms with Gasteiger partial charge in [-0.2, -0.15) is 0 Å². The summed E-state index contributed by atoms with van der Waals surface area (Å²) < 4.78 is 37.7. The van der Waals surface area contributed by atoms with Crippen molar-refractivity contribution in [2.45, 2.75) is 25.9 Å². The smallest absolute Gasteiger partial charge is 0.308 e. The van der Waals surface area contributed by atoms with Crippen molar-refractivity contribution < 1.29 is 23.0 Å². The first-order valence-electron chi connectivity index (χ1n) is 8.15. The van der Waals surface area contributed by atoms with E-state index in [1.165, 1.54) is 6.92 Å². The fourth-order valence-electron chi connectivity index (χ4n) is 2.54. The Labute approximate surface area is 158 Å². The molecule has 7 heteroatoms. The lowest BCUT2D eigenvalue weighted by Crippen LogP contribution is -2.09. The van der Waals surface area contributed by atoms with Crippen molar-refractivity contribution in [1.29, 1.82) is 0 Å². The van der Waals surface area contributed by atoms with Crippen LogP contribution in [-0.2, 0) is 11.4 Å². The number of halogens is 3. The van der Waals surface area contributed by atoms with Gasteiger partial charge in [0.2, 0.25) is 0 Å². The van der Waals surface area contributed by atoms with Gasteiger partial charge in [-0.15, -0.1) is 0 Å². The van der Waals surface area contributed by atoms with Crippen molar-refractivity contribution in [3.63, 3.8) is 0 Å². The Morgan fingerprint density at radius 1 is 1.27 bits per heavy atom. The zero-order valence-electron chi connectivity index (χ0n) is 14.1. The highest BCUT2D eigenvalue weighted by Gasteiger charge is 2.56. The standard InChI is InChI=1S/C19H18BrF2NO3/c1-12(24)26-18-5-3-2-4-17(18)25-11-13-6-15(20)8-16(7-13)23-10-14-9-19(14,21)22/h2-8,14,23H,9-11H2,1H3. The second-order valence-corrected chi connectivity index (χ2v) is 7.14. The van der Waals surface area contributed by atoms with Crippen LogP contribution in [0.3, 0.4) is 0 Å². The van der Waals surface area contributed by atoms with Gasteiger partial charge in [-0.1, -0.05) is 28.1 Å². The first-order chi connectivity index (χ1) is 12.3. The van der Waals surface area contributed by atoms with Gasteiger partial charge in [0, 0.05) is 36.0 Å². The van der Waals surface area contributed by atoms with Gasteiger partial charge < -0.3 is 14.8 Å². The zero-order valence-corrected chi connectivity index (χ0v) is 15.7. The maximum Gasteiger partial charge on any atom is 0.308 e. The van der Waals surface area contributed by atoms with Crippen LogP contribution in [0.4, 0.5) is 14.5 Å². The number of esters is 1. The highest BCUT2D eigenvalue weighted by molar-refractivity contribution is 9.10. The molecule has 1 aliphatic rings. The highest BCUT2D eigenvalue weighted by Crippen LogP contribution is 2.48. The minimum absolute atomic E-state index is 0.0586. The number of ether oxygens (including phenoxy) is 2. The lowest BCUT2D eigenvalue weighted by atomic mass is 10.2. The number of hydrogen-bond acceptors (Lipinski definition) is 4. The predicted molar refractivity (Wildman–Crippen MR) is 97.8 cm³/mol. The molecule has 0 spiro atoms. The molecule has 2 aromatic rings. The summed E-state index contributed by atoms with van der Waals surface area (Å²) >= 11 is 3.42. The highest BCUT2D eigenvalue weighted by atomic mass is 79.9. The molecule has 1 fully saturated rings.